The largest absolute Gasteiger partial charge is 0.492 e. The number of benzene rings is 1. The molecule has 5 heteroatoms. The molecule has 0 saturated carbocycles. The Morgan fingerprint density at radius 2 is 2.26 bits per heavy atom. The molecule has 1 N–H and O–H groups in total. The van der Waals surface area contributed by atoms with Crippen LogP contribution >= 0.6 is 11.3 Å². The van der Waals surface area contributed by atoms with Crippen molar-refractivity contribution in [1.29, 1.82) is 0 Å². The van der Waals surface area contributed by atoms with Crippen molar-refractivity contribution < 1.29 is 4.74 Å². The summed E-state index contributed by atoms with van der Waals surface area (Å²) in [6.45, 7) is 1.70. The second-order valence-electron chi connectivity index (χ2n) is 4.64. The number of ether oxygens (including phenoxy) is 1. The topological polar surface area (TPSA) is 47.0 Å². The first-order valence-corrected chi connectivity index (χ1v) is 7.38. The number of hydrogen-bond acceptors (Lipinski definition) is 5. The highest BCUT2D eigenvalue weighted by molar-refractivity contribution is 7.11. The Morgan fingerprint density at radius 3 is 3.16 bits per heavy atom. The zero-order valence-corrected chi connectivity index (χ0v) is 11.7. The molecule has 0 radical (unpaired) electrons. The molecule has 2 heterocycles. The summed E-state index contributed by atoms with van der Waals surface area (Å²) in [5.74, 6) is 1.24. The summed E-state index contributed by atoms with van der Waals surface area (Å²) in [7, 11) is 1.97. The van der Waals surface area contributed by atoms with Crippen LogP contribution in [0, 0.1) is 0 Å². The van der Waals surface area contributed by atoms with Crippen LogP contribution in [-0.2, 0) is 6.42 Å². The fourth-order valence-electron chi connectivity index (χ4n) is 2.29. The number of nitrogens with one attached hydrogen (secondary N) is 1. The van der Waals surface area contributed by atoms with Crippen molar-refractivity contribution in [3.05, 3.63) is 39.8 Å². The molecule has 1 unspecified atom stereocenters. The van der Waals surface area contributed by atoms with Gasteiger partial charge in [0.25, 0.3) is 0 Å². The zero-order valence-electron chi connectivity index (χ0n) is 10.9. The van der Waals surface area contributed by atoms with Gasteiger partial charge in [0.05, 0.1) is 5.92 Å². The maximum absolute atomic E-state index is 5.70. The number of aryl methyl sites for hydroxylation is 1. The molecule has 4 nitrogen and oxygen atoms in total. The lowest BCUT2D eigenvalue weighted by atomic mass is 10.0. The smallest absolute Gasteiger partial charge is 0.128 e. The van der Waals surface area contributed by atoms with Crippen LogP contribution in [0.4, 0.5) is 0 Å². The lowest BCUT2D eigenvalue weighted by Gasteiger charge is -2.02. The molecule has 19 heavy (non-hydrogen) atoms. The fraction of sp³-hybridized carbons (Fsp3) is 0.429. The molecule has 2 aromatic rings. The van der Waals surface area contributed by atoms with E-state index in [0.717, 1.165) is 35.2 Å². The molecule has 1 aromatic carbocycles. The summed E-state index contributed by atoms with van der Waals surface area (Å²) in [5, 5.41) is 14.0. The Kier molecular flexibility index (Phi) is 3.75. The Labute approximate surface area is 116 Å². The van der Waals surface area contributed by atoms with Gasteiger partial charge in [-0.3, -0.25) is 0 Å². The predicted octanol–water partition coefficient (Wildman–Crippen LogP) is 2.21. The molecule has 0 saturated heterocycles. The molecule has 0 spiro atoms. The van der Waals surface area contributed by atoms with E-state index >= 15 is 0 Å². The number of fused-ring (bicyclic) bond motifs is 1. The molecule has 3 rings (SSSR count). The van der Waals surface area contributed by atoms with Crippen molar-refractivity contribution in [3.63, 3.8) is 0 Å². The molecule has 0 amide bonds. The maximum atomic E-state index is 5.70. The van der Waals surface area contributed by atoms with E-state index in [2.05, 4.69) is 27.6 Å². The second-order valence-corrected chi connectivity index (χ2v) is 5.74. The fourth-order valence-corrected chi connectivity index (χ4v) is 3.28. The molecular formula is C14H17N3OS. The molecular weight excluding hydrogens is 258 g/mol. The molecule has 0 fully saturated rings. The van der Waals surface area contributed by atoms with E-state index in [1.54, 1.807) is 11.3 Å². The van der Waals surface area contributed by atoms with Gasteiger partial charge in [-0.25, -0.2) is 0 Å². The Bertz CT molecular complexity index is 555. The van der Waals surface area contributed by atoms with Crippen molar-refractivity contribution in [2.45, 2.75) is 18.8 Å². The van der Waals surface area contributed by atoms with Gasteiger partial charge in [-0.15, -0.1) is 21.5 Å². The van der Waals surface area contributed by atoms with Gasteiger partial charge in [0, 0.05) is 12.0 Å². The van der Waals surface area contributed by atoms with Crippen LogP contribution in [0.2, 0.25) is 0 Å². The van der Waals surface area contributed by atoms with Crippen LogP contribution in [-0.4, -0.2) is 30.4 Å². The molecule has 1 atom stereocenters. The molecule has 1 aliphatic rings. The summed E-state index contributed by atoms with van der Waals surface area (Å²) < 4.78 is 5.70. The summed E-state index contributed by atoms with van der Waals surface area (Å²) in [4.78, 5) is 0. The molecule has 0 aliphatic carbocycles. The van der Waals surface area contributed by atoms with Gasteiger partial charge in [-0.2, -0.15) is 0 Å². The first-order chi connectivity index (χ1) is 9.38. The average Bonchev–Trinajstić information content (AvgIpc) is 3.05. The van der Waals surface area contributed by atoms with Crippen molar-refractivity contribution in [2.75, 3.05) is 20.2 Å². The maximum Gasteiger partial charge on any atom is 0.128 e. The first-order valence-electron chi connectivity index (χ1n) is 6.57. The standard InChI is InChI=1S/C14H17N3OS/c1-15-8-4-7-13-16-17-14(19-13)11-9-18-12-6-3-2-5-10(11)12/h2-3,5-6,11,15H,4,7-9H2,1H3. The highest BCUT2D eigenvalue weighted by Gasteiger charge is 2.28. The molecule has 100 valence electrons. The summed E-state index contributed by atoms with van der Waals surface area (Å²) >= 11 is 1.71. The first kappa shape index (κ1) is 12.6. The van der Waals surface area contributed by atoms with Crippen LogP contribution in [0.5, 0.6) is 5.75 Å². The van der Waals surface area contributed by atoms with Crippen molar-refractivity contribution in [2.24, 2.45) is 0 Å². The Morgan fingerprint density at radius 1 is 1.37 bits per heavy atom. The normalized spacial score (nSPS) is 17.2. The van der Waals surface area contributed by atoms with Crippen molar-refractivity contribution >= 4 is 11.3 Å². The third-order valence-corrected chi connectivity index (χ3v) is 4.39. The molecule has 0 bridgehead atoms. The minimum atomic E-state index is 0.256. The monoisotopic (exact) mass is 275 g/mol. The Balaban J connectivity index is 1.74. The lowest BCUT2D eigenvalue weighted by Crippen LogP contribution is -2.08. The number of nitrogens with zero attached hydrogens (tertiary/aromatic N) is 2. The second kappa shape index (κ2) is 5.67. The van der Waals surface area contributed by atoms with Crippen molar-refractivity contribution in [1.82, 2.24) is 15.5 Å². The highest BCUT2D eigenvalue weighted by Crippen LogP contribution is 2.38. The van der Waals surface area contributed by atoms with E-state index in [1.165, 1.54) is 5.56 Å². The summed E-state index contributed by atoms with van der Waals surface area (Å²) in [5.41, 5.74) is 1.24. The van der Waals surface area contributed by atoms with Gasteiger partial charge in [-0.1, -0.05) is 18.2 Å². The van der Waals surface area contributed by atoms with Crippen LogP contribution in [0.25, 0.3) is 0 Å². The third-order valence-electron chi connectivity index (χ3n) is 3.30. The van der Waals surface area contributed by atoms with E-state index < -0.39 is 0 Å². The van der Waals surface area contributed by atoms with Gasteiger partial charge in [0.2, 0.25) is 0 Å². The Hall–Kier alpha value is -1.46. The van der Waals surface area contributed by atoms with Gasteiger partial charge in [0.1, 0.15) is 22.4 Å². The van der Waals surface area contributed by atoms with E-state index in [1.807, 2.05) is 19.2 Å². The van der Waals surface area contributed by atoms with Crippen molar-refractivity contribution in [3.8, 4) is 5.75 Å². The summed E-state index contributed by atoms with van der Waals surface area (Å²) in [6.07, 6.45) is 2.09. The predicted molar refractivity (Wildman–Crippen MR) is 75.9 cm³/mol. The van der Waals surface area contributed by atoms with Gasteiger partial charge >= 0.3 is 0 Å². The zero-order chi connectivity index (χ0) is 13.1. The van der Waals surface area contributed by atoms with E-state index in [0.29, 0.717) is 6.61 Å². The van der Waals surface area contributed by atoms with E-state index in [9.17, 15) is 0 Å². The van der Waals surface area contributed by atoms with Gasteiger partial charge in [0.15, 0.2) is 0 Å². The van der Waals surface area contributed by atoms with E-state index in [4.69, 9.17) is 4.74 Å². The number of rotatable bonds is 5. The highest BCUT2D eigenvalue weighted by atomic mass is 32.1. The van der Waals surface area contributed by atoms with Crippen LogP contribution < -0.4 is 10.1 Å². The van der Waals surface area contributed by atoms with Crippen LogP contribution in [0.1, 0.15) is 27.9 Å². The number of aromatic nitrogens is 2. The third kappa shape index (κ3) is 2.62. The summed E-state index contributed by atoms with van der Waals surface area (Å²) in [6, 6.07) is 8.19. The quantitative estimate of drug-likeness (QED) is 0.850. The minimum Gasteiger partial charge on any atom is -0.492 e. The lowest BCUT2D eigenvalue weighted by molar-refractivity contribution is 0.342. The molecule has 1 aliphatic heterocycles. The SMILES string of the molecule is CNCCCc1nnc(C2COc3ccccc32)s1. The van der Waals surface area contributed by atoms with Gasteiger partial charge in [-0.05, 0) is 26.1 Å². The van der Waals surface area contributed by atoms with E-state index in [-0.39, 0.29) is 5.92 Å². The number of para-hydroxylation sites is 1. The van der Waals surface area contributed by atoms with Gasteiger partial charge < -0.3 is 10.1 Å². The number of hydrogen-bond donors (Lipinski definition) is 1. The van der Waals surface area contributed by atoms with Crippen LogP contribution in [0.15, 0.2) is 24.3 Å². The average molecular weight is 275 g/mol. The molecule has 1 aromatic heterocycles. The minimum absolute atomic E-state index is 0.256. The van der Waals surface area contributed by atoms with Crippen LogP contribution in [0.3, 0.4) is 0 Å².